The van der Waals surface area contributed by atoms with E-state index in [1.54, 1.807) is 6.07 Å². The molecule has 0 saturated heterocycles. The van der Waals surface area contributed by atoms with Crippen LogP contribution in [0.3, 0.4) is 0 Å². The van der Waals surface area contributed by atoms with Crippen LogP contribution in [0.4, 0.5) is 0 Å². The van der Waals surface area contributed by atoms with Crippen LogP contribution in [0.5, 0.6) is 0 Å². The van der Waals surface area contributed by atoms with Gasteiger partial charge in [0.2, 0.25) is 0 Å². The number of amides is 1. The molecule has 26 heavy (non-hydrogen) atoms. The molecule has 1 aromatic rings. The average molecular weight is 396 g/mol. The van der Waals surface area contributed by atoms with Crippen LogP contribution in [0.15, 0.2) is 18.2 Å². The van der Waals surface area contributed by atoms with E-state index in [0.29, 0.717) is 11.6 Å². The van der Waals surface area contributed by atoms with E-state index in [4.69, 9.17) is 27.9 Å². The predicted molar refractivity (Wildman–Crippen MR) is 100 cm³/mol. The molecule has 0 spiro atoms. The fourth-order valence-corrected chi connectivity index (χ4v) is 6.07. The van der Waals surface area contributed by atoms with E-state index in [2.05, 4.69) is 5.32 Å². The molecule has 0 unspecified atom stereocenters. The molecule has 0 atom stereocenters. The van der Waals surface area contributed by atoms with Gasteiger partial charge in [-0.2, -0.15) is 0 Å². The molecule has 4 nitrogen and oxygen atoms in total. The number of halogens is 2. The molecule has 4 saturated carbocycles. The fourth-order valence-electron chi connectivity index (χ4n) is 5.71. The summed E-state index contributed by atoms with van der Waals surface area (Å²) in [5, 5.41) is 3.65. The summed E-state index contributed by atoms with van der Waals surface area (Å²) in [5.74, 6) is 1.65. The molecule has 4 aliphatic rings. The van der Waals surface area contributed by atoms with Crippen molar-refractivity contribution in [1.29, 1.82) is 0 Å². The number of hydrogen-bond acceptors (Lipinski definition) is 3. The van der Waals surface area contributed by atoms with E-state index in [1.807, 2.05) is 0 Å². The fraction of sp³-hybridized carbons (Fsp3) is 0.600. The Hall–Kier alpha value is -1.26. The lowest BCUT2D eigenvalue weighted by atomic mass is 9.49. The normalized spacial score (nSPS) is 31.7. The summed E-state index contributed by atoms with van der Waals surface area (Å²) in [6.45, 7) is 0.402. The highest BCUT2D eigenvalue weighted by Crippen LogP contribution is 2.59. The highest BCUT2D eigenvalue weighted by molar-refractivity contribution is 6.35. The zero-order valence-corrected chi connectivity index (χ0v) is 16.1. The summed E-state index contributed by atoms with van der Waals surface area (Å²) < 4.78 is 5.10. The maximum Gasteiger partial charge on any atom is 0.340 e. The van der Waals surface area contributed by atoms with E-state index < -0.39 is 5.97 Å². The van der Waals surface area contributed by atoms with Gasteiger partial charge in [0.15, 0.2) is 6.61 Å². The number of hydrogen-bond donors (Lipinski definition) is 1. The Morgan fingerprint density at radius 1 is 1.08 bits per heavy atom. The second kappa shape index (κ2) is 7.05. The standard InChI is InChI=1S/C20H23Cl2NO3/c21-15-1-2-17(22)16(6-15)19(25)26-10-18(24)23-11-20-7-12-3-13(8-20)5-14(4-12)9-20/h1-2,6,12-14H,3-5,7-11H2,(H,23,24). The molecule has 0 aromatic heterocycles. The summed E-state index contributed by atoms with van der Waals surface area (Å²) in [6, 6.07) is 4.58. The van der Waals surface area contributed by atoms with E-state index in [-0.39, 0.29) is 28.5 Å². The molecule has 1 amide bonds. The largest absolute Gasteiger partial charge is 0.452 e. The van der Waals surface area contributed by atoms with Crippen molar-refractivity contribution in [3.63, 3.8) is 0 Å². The highest BCUT2D eigenvalue weighted by Gasteiger charge is 2.50. The highest BCUT2D eigenvalue weighted by atomic mass is 35.5. The Labute approximate surface area is 163 Å². The average Bonchev–Trinajstić information content (AvgIpc) is 2.59. The van der Waals surface area contributed by atoms with E-state index in [1.165, 1.54) is 50.7 Å². The summed E-state index contributed by atoms with van der Waals surface area (Å²) >= 11 is 11.9. The smallest absolute Gasteiger partial charge is 0.340 e. The molecule has 4 fully saturated rings. The van der Waals surface area contributed by atoms with Crippen LogP contribution >= 0.6 is 23.2 Å². The van der Waals surface area contributed by atoms with Gasteiger partial charge in [0.25, 0.3) is 5.91 Å². The minimum absolute atomic E-state index is 0.174. The van der Waals surface area contributed by atoms with Crippen molar-refractivity contribution in [2.24, 2.45) is 23.2 Å². The molecule has 6 heteroatoms. The van der Waals surface area contributed by atoms with Gasteiger partial charge in [0.05, 0.1) is 10.6 Å². The first-order chi connectivity index (χ1) is 12.4. The van der Waals surface area contributed by atoms with E-state index in [9.17, 15) is 9.59 Å². The summed E-state index contributed by atoms with van der Waals surface area (Å²) in [4.78, 5) is 24.3. The third kappa shape index (κ3) is 3.72. The van der Waals surface area contributed by atoms with Gasteiger partial charge < -0.3 is 10.1 Å². The van der Waals surface area contributed by atoms with Gasteiger partial charge in [0, 0.05) is 11.6 Å². The van der Waals surface area contributed by atoms with Crippen LogP contribution in [0, 0.1) is 23.2 Å². The van der Waals surface area contributed by atoms with Crippen LogP contribution in [-0.2, 0) is 9.53 Å². The number of carbonyl (C=O) groups excluding carboxylic acids is 2. The number of ether oxygens (including phenoxy) is 1. The molecule has 4 bridgehead atoms. The van der Waals surface area contributed by atoms with Crippen molar-refractivity contribution in [3.8, 4) is 0 Å². The zero-order chi connectivity index (χ0) is 18.3. The molecule has 140 valence electrons. The second-order valence-corrected chi connectivity index (χ2v) is 9.24. The van der Waals surface area contributed by atoms with Gasteiger partial charge in [-0.05, 0) is 79.9 Å². The molecule has 0 heterocycles. The maximum atomic E-state index is 12.2. The first-order valence-electron chi connectivity index (χ1n) is 9.31. The second-order valence-electron chi connectivity index (χ2n) is 8.39. The van der Waals surface area contributed by atoms with Gasteiger partial charge in [-0.3, -0.25) is 4.79 Å². The van der Waals surface area contributed by atoms with Crippen molar-refractivity contribution >= 4 is 35.1 Å². The van der Waals surface area contributed by atoms with Crippen LogP contribution in [0.2, 0.25) is 10.0 Å². The first-order valence-corrected chi connectivity index (χ1v) is 10.1. The number of rotatable bonds is 5. The first kappa shape index (κ1) is 18.1. The minimum Gasteiger partial charge on any atom is -0.452 e. The molecular formula is C20H23Cl2NO3. The Balaban J connectivity index is 1.28. The summed E-state index contributed by atoms with van der Waals surface area (Å²) in [6.07, 6.45) is 7.84. The van der Waals surface area contributed by atoms with Crippen LogP contribution < -0.4 is 5.32 Å². The van der Waals surface area contributed by atoms with Crippen molar-refractivity contribution in [2.75, 3.05) is 13.2 Å². The Morgan fingerprint density at radius 3 is 2.31 bits per heavy atom. The van der Waals surface area contributed by atoms with Gasteiger partial charge in [-0.25, -0.2) is 4.79 Å². The van der Waals surface area contributed by atoms with E-state index in [0.717, 1.165) is 17.8 Å². The van der Waals surface area contributed by atoms with Crippen LogP contribution in [-0.4, -0.2) is 25.0 Å². The Bertz CT molecular complexity index is 698. The molecule has 0 aliphatic heterocycles. The lowest BCUT2D eigenvalue weighted by Gasteiger charge is -2.56. The lowest BCUT2D eigenvalue weighted by Crippen LogP contribution is -2.51. The SMILES string of the molecule is O=C(COC(=O)c1cc(Cl)ccc1Cl)NCC12CC3CC(CC(C3)C1)C2. The minimum atomic E-state index is -0.637. The summed E-state index contributed by atoms with van der Waals surface area (Å²) in [7, 11) is 0. The molecular weight excluding hydrogens is 373 g/mol. The van der Waals surface area contributed by atoms with Gasteiger partial charge in [-0.15, -0.1) is 0 Å². The van der Waals surface area contributed by atoms with Gasteiger partial charge in [-0.1, -0.05) is 23.2 Å². The van der Waals surface area contributed by atoms with Crippen LogP contribution in [0.25, 0.3) is 0 Å². The van der Waals surface area contributed by atoms with Gasteiger partial charge in [0.1, 0.15) is 0 Å². The zero-order valence-electron chi connectivity index (χ0n) is 14.6. The van der Waals surface area contributed by atoms with Crippen molar-refractivity contribution in [2.45, 2.75) is 38.5 Å². The molecule has 1 N–H and O–H groups in total. The van der Waals surface area contributed by atoms with Crippen molar-refractivity contribution < 1.29 is 14.3 Å². The molecule has 0 radical (unpaired) electrons. The predicted octanol–water partition coefficient (Wildman–Crippen LogP) is 4.48. The number of nitrogens with one attached hydrogen (secondary N) is 1. The van der Waals surface area contributed by atoms with Crippen molar-refractivity contribution in [3.05, 3.63) is 33.8 Å². The molecule has 1 aromatic carbocycles. The summed E-state index contributed by atoms with van der Waals surface area (Å²) in [5.41, 5.74) is 0.443. The number of benzene rings is 1. The molecule has 5 rings (SSSR count). The van der Waals surface area contributed by atoms with Crippen LogP contribution in [0.1, 0.15) is 48.9 Å². The van der Waals surface area contributed by atoms with Gasteiger partial charge >= 0.3 is 5.97 Å². The van der Waals surface area contributed by atoms with Crippen molar-refractivity contribution in [1.82, 2.24) is 5.32 Å². The third-order valence-electron chi connectivity index (χ3n) is 6.31. The van der Waals surface area contributed by atoms with E-state index >= 15 is 0 Å². The third-order valence-corrected chi connectivity index (χ3v) is 6.87. The number of esters is 1. The monoisotopic (exact) mass is 395 g/mol. The number of carbonyl (C=O) groups is 2. The molecule has 4 aliphatic carbocycles. The Morgan fingerprint density at radius 2 is 1.69 bits per heavy atom. The Kier molecular flexibility index (Phi) is 4.91. The quantitative estimate of drug-likeness (QED) is 0.747. The topological polar surface area (TPSA) is 55.4 Å². The maximum absolute atomic E-state index is 12.2. The lowest BCUT2D eigenvalue weighted by molar-refractivity contribution is -0.126.